The Morgan fingerprint density at radius 1 is 1.00 bits per heavy atom. The van der Waals surface area contributed by atoms with Crippen LogP contribution in [0.3, 0.4) is 0 Å². The number of aryl methyl sites for hydroxylation is 1. The molecule has 3 aromatic rings. The van der Waals surface area contributed by atoms with Gasteiger partial charge in [0.15, 0.2) is 0 Å². The highest BCUT2D eigenvalue weighted by atomic mass is 32.2. The monoisotopic (exact) mass is 529 g/mol. The van der Waals surface area contributed by atoms with Crippen LogP contribution >= 0.6 is 0 Å². The molecule has 2 heterocycles. The van der Waals surface area contributed by atoms with E-state index in [4.69, 9.17) is 0 Å². The maximum absolute atomic E-state index is 13.2. The molecule has 1 fully saturated rings. The van der Waals surface area contributed by atoms with E-state index in [-0.39, 0.29) is 9.79 Å². The van der Waals surface area contributed by atoms with Crippen molar-refractivity contribution in [1.29, 1.82) is 5.26 Å². The number of sulfonamides is 2. The second kappa shape index (κ2) is 10.6. The van der Waals surface area contributed by atoms with Gasteiger partial charge in [-0.2, -0.15) is 9.57 Å². The van der Waals surface area contributed by atoms with Crippen molar-refractivity contribution >= 4 is 36.6 Å². The van der Waals surface area contributed by atoms with Crippen LogP contribution in [0.1, 0.15) is 37.3 Å². The molecule has 0 saturated carbocycles. The number of anilines is 1. The maximum Gasteiger partial charge on any atom is 0.261 e. The third kappa shape index (κ3) is 5.27. The Hall–Kier alpha value is -2.91. The van der Waals surface area contributed by atoms with E-state index in [2.05, 4.69) is 27.6 Å². The molecule has 4 rings (SSSR count). The van der Waals surface area contributed by atoms with Crippen LogP contribution in [-0.2, 0) is 20.0 Å². The smallest absolute Gasteiger partial charge is 0.261 e. The van der Waals surface area contributed by atoms with Gasteiger partial charge in [-0.15, -0.1) is 0 Å². The Morgan fingerprint density at radius 2 is 1.72 bits per heavy atom. The number of rotatable bonds is 8. The average molecular weight is 530 g/mol. The van der Waals surface area contributed by atoms with Gasteiger partial charge in [0.25, 0.3) is 10.0 Å². The summed E-state index contributed by atoms with van der Waals surface area (Å²) in [6.07, 6.45) is 4.50. The van der Waals surface area contributed by atoms with Gasteiger partial charge in [-0.25, -0.2) is 16.8 Å². The van der Waals surface area contributed by atoms with Crippen molar-refractivity contribution in [3.05, 3.63) is 53.7 Å². The fourth-order valence-corrected chi connectivity index (χ4v) is 7.07. The molecule has 0 atom stereocenters. The summed E-state index contributed by atoms with van der Waals surface area (Å²) in [5.41, 5.74) is 2.11. The molecule has 1 aliphatic heterocycles. The molecule has 0 unspecified atom stereocenters. The molecule has 2 aromatic carbocycles. The quantitative estimate of drug-likeness (QED) is 0.459. The maximum atomic E-state index is 13.2. The molecule has 0 bridgehead atoms. The Labute approximate surface area is 212 Å². The highest BCUT2D eigenvalue weighted by Crippen LogP contribution is 2.30. The molecule has 11 heteroatoms. The van der Waals surface area contributed by atoms with Gasteiger partial charge in [0.1, 0.15) is 6.07 Å². The van der Waals surface area contributed by atoms with Gasteiger partial charge in [0.05, 0.1) is 26.6 Å². The van der Waals surface area contributed by atoms with Crippen LogP contribution in [0, 0.1) is 18.3 Å². The fraction of sp³-hybridized carbons (Fsp3) is 0.400. The van der Waals surface area contributed by atoms with Gasteiger partial charge < -0.3 is 9.88 Å². The number of nitrogens with zero attached hydrogens (tertiary/aromatic N) is 3. The zero-order chi connectivity index (χ0) is 25.9. The molecule has 1 aromatic heterocycles. The Bertz CT molecular complexity index is 1490. The predicted octanol–water partition coefficient (Wildman–Crippen LogP) is 3.65. The lowest BCUT2D eigenvalue weighted by atomic mass is 10.1. The minimum absolute atomic E-state index is 0.0520. The van der Waals surface area contributed by atoms with E-state index in [0.717, 1.165) is 37.9 Å². The van der Waals surface area contributed by atoms with E-state index in [1.54, 1.807) is 18.3 Å². The third-order valence-electron chi connectivity index (χ3n) is 6.56. The van der Waals surface area contributed by atoms with Crippen LogP contribution in [0.4, 0.5) is 5.69 Å². The first-order valence-corrected chi connectivity index (χ1v) is 15.0. The highest BCUT2D eigenvalue weighted by Gasteiger charge is 2.27. The summed E-state index contributed by atoms with van der Waals surface area (Å²) < 4.78 is 56.7. The first-order valence-electron chi connectivity index (χ1n) is 12.0. The van der Waals surface area contributed by atoms with Crippen LogP contribution in [0.15, 0.2) is 52.4 Å². The van der Waals surface area contributed by atoms with Crippen LogP contribution in [-0.4, -0.2) is 63.7 Å². The standard InChI is InChI=1S/C25H31N5O4S2/c1-3-4-12-29-13-5-14-30(16-15-29)36(33,34)22-9-7-21(8-10-22)35(31,32)28-23-11-6-19(2)24-20(17-26)18-27-25(23)24/h6-11,18,27-28H,3-5,12-16H2,1-2H3. The minimum atomic E-state index is -3.99. The average Bonchev–Trinajstić information content (AvgIpc) is 3.16. The predicted molar refractivity (Wildman–Crippen MR) is 140 cm³/mol. The number of benzene rings is 2. The number of H-pyrrole nitrogens is 1. The van der Waals surface area contributed by atoms with Crippen molar-refractivity contribution in [3.8, 4) is 6.07 Å². The SMILES string of the molecule is CCCCN1CCCN(S(=O)(=O)c2ccc(S(=O)(=O)Nc3ccc(C)c4c(C#N)c[nH]c34)cc2)CC1. The van der Waals surface area contributed by atoms with Gasteiger partial charge in [-0.3, -0.25) is 4.72 Å². The van der Waals surface area contributed by atoms with Crippen LogP contribution < -0.4 is 4.72 Å². The van der Waals surface area contributed by atoms with Gasteiger partial charge in [-0.05, 0) is 68.8 Å². The van der Waals surface area contributed by atoms with Crippen LogP contribution in [0.5, 0.6) is 0 Å². The van der Waals surface area contributed by atoms with E-state index < -0.39 is 20.0 Å². The number of unbranched alkanes of at least 4 members (excludes halogenated alkanes) is 1. The molecule has 0 radical (unpaired) electrons. The number of aromatic amines is 1. The molecule has 9 nitrogen and oxygen atoms in total. The molecule has 0 amide bonds. The van der Waals surface area contributed by atoms with Crippen molar-refractivity contribution in [2.75, 3.05) is 37.4 Å². The number of nitriles is 1. The Morgan fingerprint density at radius 3 is 2.42 bits per heavy atom. The van der Waals surface area contributed by atoms with E-state index in [1.807, 2.05) is 6.92 Å². The first-order chi connectivity index (χ1) is 17.2. The molecular weight excluding hydrogens is 498 g/mol. The van der Waals surface area contributed by atoms with Crippen molar-refractivity contribution in [1.82, 2.24) is 14.2 Å². The summed E-state index contributed by atoms with van der Waals surface area (Å²) in [6, 6.07) is 10.8. The normalized spacial score (nSPS) is 16.0. The summed E-state index contributed by atoms with van der Waals surface area (Å²) in [7, 11) is -7.72. The minimum Gasteiger partial charge on any atom is -0.358 e. The van der Waals surface area contributed by atoms with E-state index >= 15 is 0 Å². The largest absolute Gasteiger partial charge is 0.358 e. The number of hydrogen-bond acceptors (Lipinski definition) is 6. The molecule has 0 aliphatic carbocycles. The fourth-order valence-electron chi connectivity index (χ4n) is 4.53. The van der Waals surface area contributed by atoms with E-state index in [0.29, 0.717) is 41.8 Å². The molecule has 36 heavy (non-hydrogen) atoms. The summed E-state index contributed by atoms with van der Waals surface area (Å²) >= 11 is 0. The highest BCUT2D eigenvalue weighted by molar-refractivity contribution is 7.92. The number of fused-ring (bicyclic) bond motifs is 1. The number of nitrogens with one attached hydrogen (secondary N) is 2. The second-order valence-electron chi connectivity index (χ2n) is 9.02. The Kier molecular flexibility index (Phi) is 7.70. The first kappa shape index (κ1) is 26.2. The summed E-state index contributed by atoms with van der Waals surface area (Å²) in [4.78, 5) is 5.29. The lowest BCUT2D eigenvalue weighted by molar-refractivity contribution is 0.282. The summed E-state index contributed by atoms with van der Waals surface area (Å²) in [5, 5.41) is 9.99. The zero-order valence-electron chi connectivity index (χ0n) is 20.5. The van der Waals surface area contributed by atoms with Crippen LogP contribution in [0.25, 0.3) is 10.9 Å². The van der Waals surface area contributed by atoms with E-state index in [9.17, 15) is 22.1 Å². The summed E-state index contributed by atoms with van der Waals surface area (Å²) in [5.74, 6) is 0. The van der Waals surface area contributed by atoms with Gasteiger partial charge >= 0.3 is 0 Å². The molecule has 0 spiro atoms. The molecule has 1 aliphatic rings. The van der Waals surface area contributed by atoms with Gasteiger partial charge in [0, 0.05) is 31.2 Å². The molecule has 1 saturated heterocycles. The van der Waals surface area contributed by atoms with Crippen molar-refractivity contribution in [2.24, 2.45) is 0 Å². The molecular formula is C25H31N5O4S2. The lowest BCUT2D eigenvalue weighted by Crippen LogP contribution is -2.35. The summed E-state index contributed by atoms with van der Waals surface area (Å²) in [6.45, 7) is 7.37. The van der Waals surface area contributed by atoms with E-state index in [1.165, 1.54) is 28.6 Å². The number of aromatic nitrogens is 1. The van der Waals surface area contributed by atoms with Crippen molar-refractivity contribution in [2.45, 2.75) is 42.9 Å². The zero-order valence-corrected chi connectivity index (χ0v) is 22.1. The third-order valence-corrected chi connectivity index (χ3v) is 9.85. The second-order valence-corrected chi connectivity index (χ2v) is 12.6. The topological polar surface area (TPSA) is 126 Å². The van der Waals surface area contributed by atoms with Crippen molar-refractivity contribution < 1.29 is 16.8 Å². The lowest BCUT2D eigenvalue weighted by Gasteiger charge is -2.21. The van der Waals surface area contributed by atoms with Gasteiger partial charge in [-0.1, -0.05) is 19.4 Å². The molecule has 192 valence electrons. The Balaban J connectivity index is 1.53. The number of hydrogen-bond donors (Lipinski definition) is 2. The van der Waals surface area contributed by atoms with Crippen LogP contribution in [0.2, 0.25) is 0 Å². The van der Waals surface area contributed by atoms with Gasteiger partial charge in [0.2, 0.25) is 10.0 Å². The molecule has 2 N–H and O–H groups in total. The van der Waals surface area contributed by atoms with Crippen molar-refractivity contribution in [3.63, 3.8) is 0 Å².